The van der Waals surface area contributed by atoms with Crippen LogP contribution in [-0.2, 0) is 9.84 Å². The number of hydrogen-bond acceptors (Lipinski definition) is 4. The highest BCUT2D eigenvalue weighted by molar-refractivity contribution is 7.91. The third-order valence-corrected chi connectivity index (χ3v) is 4.03. The summed E-state index contributed by atoms with van der Waals surface area (Å²) in [5.41, 5.74) is 6.91. The third-order valence-electron chi connectivity index (χ3n) is 2.22. The Hall–Kier alpha value is -1.23. The Balaban J connectivity index is 3.26. The highest BCUT2D eigenvalue weighted by Crippen LogP contribution is 2.24. The van der Waals surface area contributed by atoms with Crippen molar-refractivity contribution in [1.82, 2.24) is 0 Å². The normalized spacial score (nSPS) is 11.4. The number of benzene rings is 1. The van der Waals surface area contributed by atoms with Gasteiger partial charge in [-0.1, -0.05) is 6.92 Å². The molecule has 84 valence electrons. The molecule has 0 unspecified atom stereocenters. The van der Waals surface area contributed by atoms with Crippen LogP contribution in [-0.4, -0.2) is 28.3 Å². The van der Waals surface area contributed by atoms with E-state index in [0.29, 0.717) is 5.69 Å². The van der Waals surface area contributed by atoms with Crippen LogP contribution < -0.4 is 10.6 Å². The molecule has 0 aliphatic carbocycles. The Morgan fingerprint density at radius 1 is 1.33 bits per heavy atom. The second kappa shape index (κ2) is 4.10. The summed E-state index contributed by atoms with van der Waals surface area (Å²) in [6.45, 7) is 1.61. The smallest absolute Gasteiger partial charge is 0.180 e. The van der Waals surface area contributed by atoms with E-state index in [1.165, 1.54) is 0 Å². The first-order valence-electron chi connectivity index (χ1n) is 4.68. The van der Waals surface area contributed by atoms with E-state index in [2.05, 4.69) is 0 Å². The quantitative estimate of drug-likeness (QED) is 0.788. The van der Waals surface area contributed by atoms with Gasteiger partial charge in [-0.3, -0.25) is 0 Å². The van der Waals surface area contributed by atoms with E-state index in [0.717, 1.165) is 5.69 Å². The van der Waals surface area contributed by atoms with Crippen molar-refractivity contribution >= 4 is 21.2 Å². The number of rotatable bonds is 3. The molecule has 0 saturated carbocycles. The van der Waals surface area contributed by atoms with Crippen molar-refractivity contribution in [2.75, 3.05) is 30.5 Å². The van der Waals surface area contributed by atoms with Gasteiger partial charge in [0.2, 0.25) is 0 Å². The van der Waals surface area contributed by atoms with Gasteiger partial charge in [-0.15, -0.1) is 0 Å². The summed E-state index contributed by atoms with van der Waals surface area (Å²) in [7, 11) is 0.541. The topological polar surface area (TPSA) is 63.4 Å². The summed E-state index contributed by atoms with van der Waals surface area (Å²) in [6, 6.07) is 4.98. The monoisotopic (exact) mass is 228 g/mol. The van der Waals surface area contributed by atoms with Gasteiger partial charge in [-0.25, -0.2) is 8.42 Å². The molecule has 5 heteroatoms. The Morgan fingerprint density at radius 2 is 1.93 bits per heavy atom. The molecule has 0 amide bonds. The molecule has 0 aromatic heterocycles. The average molecular weight is 228 g/mol. The van der Waals surface area contributed by atoms with Gasteiger partial charge in [0.05, 0.1) is 16.3 Å². The Labute approximate surface area is 90.6 Å². The molecule has 1 aromatic carbocycles. The molecule has 0 aliphatic rings. The molecular formula is C10H16N2O2S. The van der Waals surface area contributed by atoms with Crippen LogP contribution in [0.2, 0.25) is 0 Å². The Kier molecular flexibility index (Phi) is 3.24. The maximum atomic E-state index is 11.6. The number of sulfone groups is 1. The predicted molar refractivity (Wildman–Crippen MR) is 62.9 cm³/mol. The first kappa shape index (κ1) is 11.8. The van der Waals surface area contributed by atoms with Crippen molar-refractivity contribution in [1.29, 1.82) is 0 Å². The Bertz CT molecular complexity index is 452. The van der Waals surface area contributed by atoms with E-state index in [9.17, 15) is 8.42 Å². The molecule has 0 radical (unpaired) electrons. The minimum atomic E-state index is -3.21. The minimum Gasteiger partial charge on any atom is -0.398 e. The van der Waals surface area contributed by atoms with E-state index in [-0.39, 0.29) is 10.6 Å². The van der Waals surface area contributed by atoms with Crippen molar-refractivity contribution in [2.45, 2.75) is 11.8 Å². The van der Waals surface area contributed by atoms with Crippen LogP contribution in [0.25, 0.3) is 0 Å². The van der Waals surface area contributed by atoms with Crippen molar-refractivity contribution in [3.8, 4) is 0 Å². The average Bonchev–Trinajstić information content (AvgIpc) is 2.17. The first-order valence-corrected chi connectivity index (χ1v) is 6.33. The predicted octanol–water partition coefficient (Wildman–Crippen LogP) is 1.13. The summed E-state index contributed by atoms with van der Waals surface area (Å²) >= 11 is 0. The zero-order chi connectivity index (χ0) is 11.6. The molecule has 0 atom stereocenters. The van der Waals surface area contributed by atoms with Crippen molar-refractivity contribution in [3.63, 3.8) is 0 Å². The summed E-state index contributed by atoms with van der Waals surface area (Å²) in [5.74, 6) is 0.0680. The second-order valence-corrected chi connectivity index (χ2v) is 5.77. The summed E-state index contributed by atoms with van der Waals surface area (Å²) in [5, 5.41) is 0. The molecule has 1 aromatic rings. The maximum Gasteiger partial charge on any atom is 0.180 e. The van der Waals surface area contributed by atoms with Gasteiger partial charge in [0.25, 0.3) is 0 Å². The highest BCUT2D eigenvalue weighted by atomic mass is 32.2. The van der Waals surface area contributed by atoms with Gasteiger partial charge in [-0.05, 0) is 18.2 Å². The number of nitrogens with two attached hydrogens (primary N) is 1. The lowest BCUT2D eigenvalue weighted by Gasteiger charge is -2.14. The van der Waals surface area contributed by atoms with E-state index in [1.807, 2.05) is 19.0 Å². The second-order valence-electron chi connectivity index (χ2n) is 3.52. The van der Waals surface area contributed by atoms with Gasteiger partial charge in [0, 0.05) is 19.8 Å². The first-order chi connectivity index (χ1) is 6.88. The van der Waals surface area contributed by atoms with E-state index < -0.39 is 9.84 Å². The number of nitrogen functional groups attached to an aromatic ring is 1. The third kappa shape index (κ3) is 2.41. The molecule has 0 aliphatic heterocycles. The molecule has 1 rings (SSSR count). The fourth-order valence-electron chi connectivity index (χ4n) is 1.25. The van der Waals surface area contributed by atoms with E-state index >= 15 is 0 Å². The SMILES string of the molecule is CCS(=O)(=O)c1ccc(N(C)C)cc1N. The van der Waals surface area contributed by atoms with E-state index in [1.54, 1.807) is 25.1 Å². The largest absolute Gasteiger partial charge is 0.398 e. The molecule has 15 heavy (non-hydrogen) atoms. The molecule has 0 fully saturated rings. The zero-order valence-corrected chi connectivity index (χ0v) is 10.0. The zero-order valence-electron chi connectivity index (χ0n) is 9.19. The van der Waals surface area contributed by atoms with Gasteiger partial charge in [-0.2, -0.15) is 0 Å². The lowest BCUT2D eigenvalue weighted by atomic mass is 10.3. The fraction of sp³-hybridized carbons (Fsp3) is 0.400. The number of nitrogens with zero attached hydrogens (tertiary/aromatic N) is 1. The molecule has 0 heterocycles. The molecule has 4 nitrogen and oxygen atoms in total. The van der Waals surface area contributed by atoms with Crippen LogP contribution in [0.3, 0.4) is 0 Å². The van der Waals surface area contributed by atoms with Crippen molar-refractivity contribution in [2.24, 2.45) is 0 Å². The van der Waals surface area contributed by atoms with Crippen LogP contribution in [0.15, 0.2) is 23.1 Å². The van der Waals surface area contributed by atoms with E-state index in [4.69, 9.17) is 5.73 Å². The molecule has 0 spiro atoms. The molecule has 0 saturated heterocycles. The van der Waals surface area contributed by atoms with Crippen LogP contribution in [0.5, 0.6) is 0 Å². The minimum absolute atomic E-state index is 0.0680. The summed E-state index contributed by atoms with van der Waals surface area (Å²) in [6.07, 6.45) is 0. The molecular weight excluding hydrogens is 212 g/mol. The number of anilines is 2. The Morgan fingerprint density at radius 3 is 2.33 bits per heavy atom. The van der Waals surface area contributed by atoms with Crippen LogP contribution in [0.4, 0.5) is 11.4 Å². The van der Waals surface area contributed by atoms with Crippen molar-refractivity contribution < 1.29 is 8.42 Å². The van der Waals surface area contributed by atoms with Gasteiger partial charge < -0.3 is 10.6 Å². The number of hydrogen-bond donors (Lipinski definition) is 1. The van der Waals surface area contributed by atoms with Crippen LogP contribution >= 0.6 is 0 Å². The molecule has 2 N–H and O–H groups in total. The summed E-state index contributed by atoms with van der Waals surface area (Å²) < 4.78 is 23.2. The lowest BCUT2D eigenvalue weighted by molar-refractivity contribution is 0.597. The fourth-order valence-corrected chi connectivity index (χ4v) is 2.26. The maximum absolute atomic E-state index is 11.6. The van der Waals surface area contributed by atoms with Crippen molar-refractivity contribution in [3.05, 3.63) is 18.2 Å². The van der Waals surface area contributed by atoms with Crippen LogP contribution in [0.1, 0.15) is 6.92 Å². The summed E-state index contributed by atoms with van der Waals surface area (Å²) in [4.78, 5) is 2.09. The van der Waals surface area contributed by atoms with Crippen LogP contribution in [0, 0.1) is 0 Å². The van der Waals surface area contributed by atoms with Gasteiger partial charge in [0.1, 0.15) is 0 Å². The van der Waals surface area contributed by atoms with Gasteiger partial charge >= 0.3 is 0 Å². The molecule has 0 bridgehead atoms. The highest BCUT2D eigenvalue weighted by Gasteiger charge is 2.15. The standard InChI is InChI=1S/C10H16N2O2S/c1-4-15(13,14)10-6-5-8(12(2)3)7-9(10)11/h5-7H,4,11H2,1-3H3. The lowest BCUT2D eigenvalue weighted by Crippen LogP contribution is -2.11. The van der Waals surface area contributed by atoms with Gasteiger partial charge in [0.15, 0.2) is 9.84 Å².